The van der Waals surface area contributed by atoms with E-state index in [0.29, 0.717) is 4.34 Å². The number of aromatic nitrogens is 2. The molecule has 1 aromatic carbocycles. The molecule has 31 heavy (non-hydrogen) atoms. The zero-order chi connectivity index (χ0) is 22.4. The number of amides is 2. The molecular formula is C17H20FN5O5S3. The van der Waals surface area contributed by atoms with E-state index >= 15 is 0 Å². The molecule has 0 unspecified atom stereocenters. The first-order valence-electron chi connectivity index (χ1n) is 9.23. The molecular weight excluding hydrogens is 469 g/mol. The highest BCUT2D eigenvalue weighted by atomic mass is 32.2. The summed E-state index contributed by atoms with van der Waals surface area (Å²) in [5, 5.41) is 10.4. The van der Waals surface area contributed by atoms with Crippen molar-refractivity contribution in [2.75, 3.05) is 43.9 Å². The Morgan fingerprint density at radius 1 is 1.19 bits per heavy atom. The number of hydrogen-bond acceptors (Lipinski definition) is 9. The molecule has 0 bridgehead atoms. The largest absolute Gasteiger partial charge is 0.450 e. The molecule has 1 saturated heterocycles. The maximum Gasteiger partial charge on any atom is 0.413 e. The lowest BCUT2D eigenvalue weighted by Crippen LogP contribution is -2.50. The first kappa shape index (κ1) is 23.4. The second kappa shape index (κ2) is 10.3. The smallest absolute Gasteiger partial charge is 0.413 e. The zero-order valence-electron chi connectivity index (χ0n) is 16.5. The fraction of sp³-hybridized carbons (Fsp3) is 0.412. The van der Waals surface area contributed by atoms with Gasteiger partial charge in [-0.15, -0.1) is 10.2 Å². The van der Waals surface area contributed by atoms with Crippen LogP contribution in [0.3, 0.4) is 0 Å². The van der Waals surface area contributed by atoms with Crippen molar-refractivity contribution < 1.29 is 27.1 Å². The Balaban J connectivity index is 1.48. The van der Waals surface area contributed by atoms with Gasteiger partial charge in [0.25, 0.3) is 0 Å². The van der Waals surface area contributed by atoms with Crippen molar-refractivity contribution in [2.24, 2.45) is 0 Å². The molecule has 0 radical (unpaired) electrons. The van der Waals surface area contributed by atoms with Gasteiger partial charge in [-0.3, -0.25) is 10.1 Å². The summed E-state index contributed by atoms with van der Waals surface area (Å²) >= 11 is 2.30. The molecule has 0 aliphatic carbocycles. The number of halogens is 1. The first-order chi connectivity index (χ1) is 14.8. The van der Waals surface area contributed by atoms with Gasteiger partial charge < -0.3 is 9.64 Å². The number of carbonyl (C=O) groups excluding carboxylic acids is 2. The number of ether oxygens (including phenoxy) is 1. The van der Waals surface area contributed by atoms with Crippen LogP contribution in [0.2, 0.25) is 0 Å². The number of sulfonamides is 1. The second-order valence-corrected chi connectivity index (χ2v) is 10.4. The van der Waals surface area contributed by atoms with E-state index in [1.54, 1.807) is 11.8 Å². The van der Waals surface area contributed by atoms with E-state index in [2.05, 4.69) is 15.5 Å². The highest BCUT2D eigenvalue weighted by molar-refractivity contribution is 8.01. The molecule has 3 rings (SSSR count). The van der Waals surface area contributed by atoms with Gasteiger partial charge in [0.05, 0.1) is 17.3 Å². The minimum absolute atomic E-state index is 0.0210. The molecule has 0 saturated carbocycles. The third kappa shape index (κ3) is 6.12. The molecule has 10 nitrogen and oxygen atoms in total. The summed E-state index contributed by atoms with van der Waals surface area (Å²) in [6.45, 7) is 2.74. The lowest BCUT2D eigenvalue weighted by molar-refractivity contribution is -0.129. The van der Waals surface area contributed by atoms with Crippen molar-refractivity contribution in [2.45, 2.75) is 16.2 Å². The van der Waals surface area contributed by atoms with Gasteiger partial charge >= 0.3 is 6.09 Å². The Morgan fingerprint density at radius 3 is 2.52 bits per heavy atom. The number of benzene rings is 1. The molecule has 2 amide bonds. The van der Waals surface area contributed by atoms with Gasteiger partial charge in [0, 0.05) is 26.2 Å². The van der Waals surface area contributed by atoms with Crippen molar-refractivity contribution >= 4 is 50.3 Å². The number of piperazine rings is 1. The average Bonchev–Trinajstić information content (AvgIpc) is 3.19. The standard InChI is InChI=1S/C17H20FN5O5S3/c1-2-28-16(25)19-15-20-21-17(30-15)29-11-14(24)22-7-9-23(10-8-22)31(26,27)13-5-3-12(18)4-6-13/h3-6H,2,7-11H2,1H3,(H,19,20,25). The fourth-order valence-corrected chi connectivity index (χ4v) is 5.78. The summed E-state index contributed by atoms with van der Waals surface area (Å²) in [4.78, 5) is 25.4. The van der Waals surface area contributed by atoms with E-state index in [1.807, 2.05) is 0 Å². The number of nitrogens with one attached hydrogen (secondary N) is 1. The van der Waals surface area contributed by atoms with Crippen LogP contribution in [0, 0.1) is 5.82 Å². The van der Waals surface area contributed by atoms with Crippen LogP contribution in [0.15, 0.2) is 33.5 Å². The van der Waals surface area contributed by atoms with E-state index in [4.69, 9.17) is 4.74 Å². The second-order valence-electron chi connectivity index (χ2n) is 6.25. The van der Waals surface area contributed by atoms with Crippen molar-refractivity contribution in [3.63, 3.8) is 0 Å². The predicted molar refractivity (Wildman–Crippen MR) is 113 cm³/mol. The molecule has 2 aromatic rings. The molecule has 1 aromatic heterocycles. The van der Waals surface area contributed by atoms with Gasteiger partial charge in [-0.05, 0) is 31.2 Å². The van der Waals surface area contributed by atoms with Crippen LogP contribution in [-0.4, -0.2) is 78.4 Å². The number of carbonyl (C=O) groups is 2. The molecule has 0 spiro atoms. The third-order valence-electron chi connectivity index (χ3n) is 4.25. The van der Waals surface area contributed by atoms with Crippen LogP contribution in [-0.2, 0) is 19.6 Å². The van der Waals surface area contributed by atoms with Crippen molar-refractivity contribution in [3.8, 4) is 0 Å². The molecule has 1 aliphatic rings. The van der Waals surface area contributed by atoms with E-state index < -0.39 is 21.9 Å². The van der Waals surface area contributed by atoms with Crippen molar-refractivity contribution in [3.05, 3.63) is 30.1 Å². The summed E-state index contributed by atoms with van der Waals surface area (Å²) in [6.07, 6.45) is -0.625. The van der Waals surface area contributed by atoms with Gasteiger partial charge in [-0.25, -0.2) is 17.6 Å². The van der Waals surface area contributed by atoms with Crippen LogP contribution in [0.5, 0.6) is 0 Å². The lowest BCUT2D eigenvalue weighted by atomic mass is 10.3. The summed E-state index contributed by atoms with van der Waals surface area (Å²) in [7, 11) is -3.73. The number of rotatable bonds is 7. The van der Waals surface area contributed by atoms with E-state index in [-0.39, 0.29) is 54.5 Å². The lowest BCUT2D eigenvalue weighted by Gasteiger charge is -2.34. The highest BCUT2D eigenvalue weighted by Crippen LogP contribution is 2.26. The summed E-state index contributed by atoms with van der Waals surface area (Å²) in [5.74, 6) is -0.552. The minimum Gasteiger partial charge on any atom is -0.450 e. The number of thioether (sulfide) groups is 1. The molecule has 1 aliphatic heterocycles. The normalized spacial score (nSPS) is 15.0. The molecule has 14 heteroatoms. The Hall–Kier alpha value is -2.29. The van der Waals surface area contributed by atoms with Crippen LogP contribution in [0.25, 0.3) is 0 Å². The summed E-state index contributed by atoms with van der Waals surface area (Å²) < 4.78 is 44.9. The third-order valence-corrected chi connectivity index (χ3v) is 8.12. The number of nitrogens with zero attached hydrogens (tertiary/aromatic N) is 4. The van der Waals surface area contributed by atoms with Crippen LogP contribution < -0.4 is 5.32 Å². The van der Waals surface area contributed by atoms with Gasteiger partial charge in [-0.2, -0.15) is 4.31 Å². The SMILES string of the molecule is CCOC(=O)Nc1nnc(SCC(=O)N2CCN(S(=O)(=O)c3ccc(F)cc3)CC2)s1. The maximum absolute atomic E-state index is 13.1. The molecule has 1 N–H and O–H groups in total. The Bertz CT molecular complexity index is 1020. The fourth-order valence-electron chi connectivity index (χ4n) is 2.72. The topological polar surface area (TPSA) is 122 Å². The van der Waals surface area contributed by atoms with Crippen LogP contribution in [0.4, 0.5) is 14.3 Å². The van der Waals surface area contributed by atoms with Crippen LogP contribution >= 0.6 is 23.1 Å². The average molecular weight is 490 g/mol. The minimum atomic E-state index is -3.73. The zero-order valence-corrected chi connectivity index (χ0v) is 18.9. The molecule has 2 heterocycles. The van der Waals surface area contributed by atoms with E-state index in [1.165, 1.54) is 28.2 Å². The molecule has 1 fully saturated rings. The predicted octanol–water partition coefficient (Wildman–Crippen LogP) is 1.87. The first-order valence-corrected chi connectivity index (χ1v) is 12.5. The van der Waals surface area contributed by atoms with Crippen LogP contribution in [0.1, 0.15) is 6.92 Å². The summed E-state index contributed by atoms with van der Waals surface area (Å²) in [6, 6.07) is 4.66. The maximum atomic E-state index is 13.1. The number of hydrogen-bond donors (Lipinski definition) is 1. The van der Waals surface area contributed by atoms with Gasteiger partial charge in [0.1, 0.15) is 5.82 Å². The Morgan fingerprint density at radius 2 is 1.87 bits per heavy atom. The highest BCUT2D eigenvalue weighted by Gasteiger charge is 2.30. The van der Waals surface area contributed by atoms with Gasteiger partial charge in [0.2, 0.25) is 21.1 Å². The number of anilines is 1. The quantitative estimate of drug-likeness (QED) is 0.462. The Kier molecular flexibility index (Phi) is 7.80. The van der Waals surface area contributed by atoms with Crippen molar-refractivity contribution in [1.82, 2.24) is 19.4 Å². The monoisotopic (exact) mass is 489 g/mol. The molecule has 0 atom stereocenters. The Labute approximate surface area is 186 Å². The van der Waals surface area contributed by atoms with E-state index in [0.717, 1.165) is 23.5 Å². The molecule has 168 valence electrons. The van der Waals surface area contributed by atoms with E-state index in [9.17, 15) is 22.4 Å². The van der Waals surface area contributed by atoms with Crippen molar-refractivity contribution in [1.29, 1.82) is 0 Å². The summed E-state index contributed by atoms with van der Waals surface area (Å²) in [5.41, 5.74) is 0. The van der Waals surface area contributed by atoms with Gasteiger partial charge in [-0.1, -0.05) is 23.1 Å². The van der Waals surface area contributed by atoms with Gasteiger partial charge in [0.15, 0.2) is 4.34 Å².